The third-order valence-electron chi connectivity index (χ3n) is 11.0. The molecule has 278 valence electrons. The predicted octanol–water partition coefficient (Wildman–Crippen LogP) is 5.63. The summed E-state index contributed by atoms with van der Waals surface area (Å²) in [7, 11) is 1.47. The molecule has 2 aromatic carbocycles. The number of fused-ring (bicyclic) bond motifs is 2. The van der Waals surface area contributed by atoms with Crippen molar-refractivity contribution in [1.82, 2.24) is 10.3 Å². The van der Waals surface area contributed by atoms with E-state index in [1.54, 1.807) is 18.3 Å². The number of benzene rings is 2. The van der Waals surface area contributed by atoms with E-state index in [2.05, 4.69) is 36.0 Å². The summed E-state index contributed by atoms with van der Waals surface area (Å²) >= 11 is 0. The molecule has 52 heavy (non-hydrogen) atoms. The number of aliphatic hydroxyl groups is 2. The number of ketones is 2. The summed E-state index contributed by atoms with van der Waals surface area (Å²) in [6.45, 7) is 5.46. The summed E-state index contributed by atoms with van der Waals surface area (Å²) in [5, 5.41) is 37.3. The molecule has 0 radical (unpaired) electrons. The number of carbonyl (C=O) groups excluding carboxylic acids is 2. The number of aromatic hydroxyl groups is 1. The standard InChI is InChI=1S/C43H55N3O6/c1-4-9-34(39(49)26-45-17-5-2)32-21-28(19-27-16-18-46-41(44)22-27)20-30-12-14-33(29-10-7-6-8-11-29)35-25-38(48)40(52-3)24-31(35)13-15-37(47)43(51)42(50)36(30)23-32/h6-8,10-11,16,18,22,24-25,28,30,32-34,36,39,43,45,48-49,51H,4-5,9,13,15,17,19-21,23,26H2,1-3H3,(H2,44,46). The second-order valence-corrected chi connectivity index (χ2v) is 14.7. The first-order chi connectivity index (χ1) is 25.1. The number of nitrogen functional groups attached to an aromatic ring is 1. The van der Waals surface area contributed by atoms with Gasteiger partial charge in [0, 0.05) is 31.0 Å². The number of phenols is 1. The number of ether oxygens (including phenoxy) is 1. The molecular weight excluding hydrogens is 654 g/mol. The van der Waals surface area contributed by atoms with Gasteiger partial charge >= 0.3 is 0 Å². The van der Waals surface area contributed by atoms with Gasteiger partial charge in [0.2, 0.25) is 0 Å². The van der Waals surface area contributed by atoms with Gasteiger partial charge in [-0.15, -0.1) is 0 Å². The molecular formula is C43H55N3O6. The lowest BCUT2D eigenvalue weighted by atomic mass is 9.73. The fraction of sp³-hybridized carbons (Fsp3) is 0.512. The Labute approximate surface area is 308 Å². The number of nitrogens with zero attached hydrogens (tertiary/aromatic N) is 1. The summed E-state index contributed by atoms with van der Waals surface area (Å²) in [5.41, 5.74) is 9.56. The van der Waals surface area contributed by atoms with Gasteiger partial charge in [0.1, 0.15) is 5.82 Å². The van der Waals surface area contributed by atoms with Crippen LogP contribution in [-0.2, 0) is 22.4 Å². The monoisotopic (exact) mass is 709 g/mol. The molecule has 1 fully saturated rings. The molecule has 0 saturated heterocycles. The van der Waals surface area contributed by atoms with E-state index in [1.165, 1.54) is 7.11 Å². The fourth-order valence-corrected chi connectivity index (χ4v) is 8.44. The number of aryl methyl sites for hydroxylation is 1. The van der Waals surface area contributed by atoms with Crippen molar-refractivity contribution in [2.24, 2.45) is 29.6 Å². The molecule has 3 aromatic rings. The smallest absolute Gasteiger partial charge is 0.173 e. The average molecular weight is 710 g/mol. The summed E-state index contributed by atoms with van der Waals surface area (Å²) in [5.74, 6) is 5.08. The Kier molecular flexibility index (Phi) is 13.9. The van der Waals surface area contributed by atoms with E-state index in [-0.39, 0.29) is 42.1 Å². The normalized spacial score (nSPS) is 24.9. The van der Waals surface area contributed by atoms with Crippen LogP contribution in [0.25, 0.3) is 0 Å². The molecule has 0 amide bonds. The number of hydrogen-bond donors (Lipinski definition) is 5. The third-order valence-corrected chi connectivity index (χ3v) is 11.0. The number of aliphatic hydroxyl groups excluding tert-OH is 2. The van der Waals surface area contributed by atoms with Crippen molar-refractivity contribution >= 4 is 17.4 Å². The number of Topliss-reactive ketones (excluding diaryl/α,β-unsaturated/α-hetero) is 2. The molecule has 0 spiro atoms. The Balaban J connectivity index is 1.65. The first-order valence-electron chi connectivity index (χ1n) is 18.9. The van der Waals surface area contributed by atoms with Crippen LogP contribution in [-0.4, -0.2) is 64.3 Å². The second kappa shape index (κ2) is 18.5. The van der Waals surface area contributed by atoms with Crippen LogP contribution in [0, 0.1) is 41.4 Å². The molecule has 2 aliphatic rings. The molecule has 9 nitrogen and oxygen atoms in total. The van der Waals surface area contributed by atoms with E-state index in [9.17, 15) is 24.9 Å². The third kappa shape index (κ3) is 9.60. The highest BCUT2D eigenvalue weighted by Crippen LogP contribution is 2.44. The van der Waals surface area contributed by atoms with Crippen LogP contribution in [0.5, 0.6) is 11.5 Å². The van der Waals surface area contributed by atoms with Crippen LogP contribution < -0.4 is 15.8 Å². The molecule has 1 aromatic heterocycles. The number of nitrogens with one attached hydrogen (secondary N) is 1. The van der Waals surface area contributed by atoms with Gasteiger partial charge in [-0.25, -0.2) is 4.98 Å². The first-order valence-corrected chi connectivity index (χ1v) is 18.9. The minimum atomic E-state index is -1.78. The highest BCUT2D eigenvalue weighted by Gasteiger charge is 2.43. The van der Waals surface area contributed by atoms with E-state index < -0.39 is 41.5 Å². The molecule has 8 unspecified atom stereocenters. The van der Waals surface area contributed by atoms with Gasteiger partial charge in [0.05, 0.1) is 19.1 Å². The average Bonchev–Trinajstić information content (AvgIpc) is 3.31. The Hall–Kier alpha value is -4.23. The summed E-state index contributed by atoms with van der Waals surface area (Å²) in [4.78, 5) is 32.3. The van der Waals surface area contributed by atoms with E-state index >= 15 is 0 Å². The SMILES string of the molecule is CCCNCC(O)C(CCC)C1CC(Cc2ccnc(N)c2)CC2C#CC(c3ccccc3)c3cc(O)c(OC)cc3CCC(=O)C(O)C(=O)C2C1. The highest BCUT2D eigenvalue weighted by molar-refractivity contribution is 6.06. The van der Waals surface area contributed by atoms with Gasteiger partial charge in [0.15, 0.2) is 29.2 Å². The van der Waals surface area contributed by atoms with Gasteiger partial charge in [-0.1, -0.05) is 62.4 Å². The molecule has 0 aliphatic heterocycles. The van der Waals surface area contributed by atoms with Gasteiger partial charge in [-0.05, 0) is 116 Å². The Bertz CT molecular complexity index is 1720. The van der Waals surface area contributed by atoms with Gasteiger partial charge in [0.25, 0.3) is 0 Å². The van der Waals surface area contributed by atoms with Crippen LogP contribution in [0.2, 0.25) is 0 Å². The minimum Gasteiger partial charge on any atom is -0.504 e. The van der Waals surface area contributed by atoms with Gasteiger partial charge in [-0.2, -0.15) is 0 Å². The molecule has 2 aliphatic carbocycles. The quantitative estimate of drug-likeness (QED) is 0.0915. The Morgan fingerprint density at radius 3 is 2.52 bits per heavy atom. The largest absolute Gasteiger partial charge is 0.504 e. The maximum atomic E-state index is 14.4. The molecule has 1 heterocycles. The Morgan fingerprint density at radius 2 is 1.81 bits per heavy atom. The zero-order valence-electron chi connectivity index (χ0n) is 30.8. The van der Waals surface area contributed by atoms with E-state index in [0.29, 0.717) is 31.6 Å². The number of anilines is 1. The van der Waals surface area contributed by atoms with E-state index in [4.69, 9.17) is 10.5 Å². The Morgan fingerprint density at radius 1 is 1.02 bits per heavy atom. The maximum Gasteiger partial charge on any atom is 0.173 e. The molecule has 6 N–H and O–H groups in total. The van der Waals surface area contributed by atoms with Crippen LogP contribution >= 0.6 is 0 Å². The van der Waals surface area contributed by atoms with E-state index in [0.717, 1.165) is 54.5 Å². The molecule has 5 rings (SSSR count). The van der Waals surface area contributed by atoms with Crippen molar-refractivity contribution in [2.45, 2.75) is 89.8 Å². The van der Waals surface area contributed by atoms with E-state index in [1.807, 2.05) is 42.5 Å². The number of pyridine rings is 1. The van der Waals surface area contributed by atoms with Crippen molar-refractivity contribution < 1.29 is 29.6 Å². The molecule has 9 heteroatoms. The van der Waals surface area contributed by atoms with Gasteiger partial charge in [-0.3, -0.25) is 9.59 Å². The first kappa shape index (κ1) is 39.0. The van der Waals surface area contributed by atoms with Crippen LogP contribution in [0.4, 0.5) is 5.82 Å². The summed E-state index contributed by atoms with van der Waals surface area (Å²) in [6, 6.07) is 17.1. The number of nitrogens with two attached hydrogens (primary N) is 1. The molecule has 1 saturated carbocycles. The second-order valence-electron chi connectivity index (χ2n) is 14.7. The highest BCUT2D eigenvalue weighted by atomic mass is 16.5. The van der Waals surface area contributed by atoms with Crippen molar-refractivity contribution in [1.29, 1.82) is 0 Å². The predicted molar refractivity (Wildman–Crippen MR) is 203 cm³/mol. The zero-order chi connectivity index (χ0) is 37.2. The van der Waals surface area contributed by atoms with Gasteiger partial charge < -0.3 is 31.1 Å². The topological polar surface area (TPSA) is 155 Å². The number of rotatable bonds is 12. The maximum absolute atomic E-state index is 14.4. The van der Waals surface area contributed by atoms with Crippen LogP contribution in [0.15, 0.2) is 60.8 Å². The lowest BCUT2D eigenvalue weighted by Crippen LogP contribution is -2.41. The lowest BCUT2D eigenvalue weighted by molar-refractivity contribution is -0.142. The van der Waals surface area contributed by atoms with Crippen LogP contribution in [0.3, 0.4) is 0 Å². The van der Waals surface area contributed by atoms with Crippen LogP contribution in [0.1, 0.15) is 87.0 Å². The number of carbonyl (C=O) groups is 2. The number of phenolic OH excluding ortho intramolecular Hbond substituents is 1. The number of hydrogen-bond acceptors (Lipinski definition) is 9. The number of methoxy groups -OCH3 is 1. The van der Waals surface area contributed by atoms with Crippen molar-refractivity contribution in [3.05, 3.63) is 83.0 Å². The fourth-order valence-electron chi connectivity index (χ4n) is 8.44. The minimum absolute atomic E-state index is 0.0292. The van der Waals surface area contributed by atoms with Crippen molar-refractivity contribution in [2.75, 3.05) is 25.9 Å². The molecule has 8 atom stereocenters. The van der Waals surface area contributed by atoms with Crippen molar-refractivity contribution in [3.8, 4) is 23.3 Å². The summed E-state index contributed by atoms with van der Waals surface area (Å²) in [6.07, 6.45) is 4.52. The summed E-state index contributed by atoms with van der Waals surface area (Å²) < 4.78 is 5.42. The number of aromatic nitrogens is 1. The van der Waals surface area contributed by atoms with Crippen molar-refractivity contribution in [3.63, 3.8) is 0 Å². The lowest BCUT2D eigenvalue weighted by Gasteiger charge is -2.33. The zero-order valence-corrected chi connectivity index (χ0v) is 30.8. The molecule has 0 bridgehead atoms.